The van der Waals surface area contributed by atoms with Crippen molar-refractivity contribution in [2.75, 3.05) is 6.54 Å². The second-order valence-electron chi connectivity index (χ2n) is 5.30. The first-order valence-electron chi connectivity index (χ1n) is 7.13. The van der Waals surface area contributed by atoms with E-state index in [1.54, 1.807) is 6.20 Å². The van der Waals surface area contributed by atoms with Gasteiger partial charge in [0.05, 0.1) is 12.2 Å². The third-order valence-electron chi connectivity index (χ3n) is 3.43. The van der Waals surface area contributed by atoms with Crippen LogP contribution in [0.2, 0.25) is 0 Å². The lowest BCUT2D eigenvalue weighted by Gasteiger charge is -2.22. The molecule has 0 bridgehead atoms. The van der Waals surface area contributed by atoms with Gasteiger partial charge in [-0.25, -0.2) is 8.78 Å². The number of aromatic nitrogens is 1. The molecule has 2 rings (SSSR count). The number of benzene rings is 1. The van der Waals surface area contributed by atoms with Gasteiger partial charge in [-0.3, -0.25) is 4.98 Å². The van der Waals surface area contributed by atoms with E-state index in [9.17, 15) is 8.78 Å². The third kappa shape index (κ3) is 3.64. The highest BCUT2D eigenvalue weighted by Gasteiger charge is 2.20. The van der Waals surface area contributed by atoms with Crippen LogP contribution < -0.4 is 5.32 Å². The smallest absolute Gasteiger partial charge is 0.141 e. The summed E-state index contributed by atoms with van der Waals surface area (Å²) in [5.74, 6) is -0.689. The van der Waals surface area contributed by atoms with Crippen molar-refractivity contribution < 1.29 is 8.78 Å². The minimum Gasteiger partial charge on any atom is -0.306 e. The predicted molar refractivity (Wildman–Crippen MR) is 80.2 cm³/mol. The number of rotatable bonds is 5. The second kappa shape index (κ2) is 6.76. The summed E-state index contributed by atoms with van der Waals surface area (Å²) in [5, 5.41) is 3.28. The van der Waals surface area contributed by atoms with Gasteiger partial charge in [-0.2, -0.15) is 0 Å². The van der Waals surface area contributed by atoms with Crippen LogP contribution in [0.25, 0.3) is 0 Å². The van der Waals surface area contributed by atoms with Crippen LogP contribution >= 0.6 is 0 Å². The van der Waals surface area contributed by atoms with Crippen molar-refractivity contribution >= 4 is 0 Å². The zero-order valence-corrected chi connectivity index (χ0v) is 12.6. The first-order chi connectivity index (χ1) is 10.0. The van der Waals surface area contributed by atoms with E-state index in [4.69, 9.17) is 0 Å². The van der Waals surface area contributed by atoms with Crippen molar-refractivity contribution in [1.29, 1.82) is 0 Å². The second-order valence-corrected chi connectivity index (χ2v) is 5.30. The van der Waals surface area contributed by atoms with Gasteiger partial charge in [-0.05, 0) is 55.6 Å². The van der Waals surface area contributed by atoms with Gasteiger partial charge in [0.15, 0.2) is 0 Å². The number of aryl methyl sites for hydroxylation is 2. The zero-order chi connectivity index (χ0) is 15.4. The van der Waals surface area contributed by atoms with Crippen molar-refractivity contribution in [3.63, 3.8) is 0 Å². The lowest BCUT2D eigenvalue weighted by atomic mass is 9.94. The maximum Gasteiger partial charge on any atom is 0.141 e. The molecule has 1 heterocycles. The molecular formula is C17H20F2N2. The molecule has 0 aliphatic heterocycles. The Hall–Kier alpha value is -1.81. The summed E-state index contributed by atoms with van der Waals surface area (Å²) >= 11 is 0. The quantitative estimate of drug-likeness (QED) is 0.898. The van der Waals surface area contributed by atoms with Crippen molar-refractivity contribution in [2.45, 2.75) is 33.2 Å². The van der Waals surface area contributed by atoms with Gasteiger partial charge in [-0.1, -0.05) is 13.0 Å². The van der Waals surface area contributed by atoms with E-state index in [-0.39, 0.29) is 5.82 Å². The van der Waals surface area contributed by atoms with Crippen molar-refractivity contribution in [1.82, 2.24) is 10.3 Å². The van der Waals surface area contributed by atoms with E-state index in [2.05, 4.69) is 10.3 Å². The third-order valence-corrected chi connectivity index (χ3v) is 3.43. The Morgan fingerprint density at radius 1 is 1.14 bits per heavy atom. The number of halogens is 2. The number of nitrogens with zero attached hydrogens (tertiary/aromatic N) is 1. The highest BCUT2D eigenvalue weighted by atomic mass is 19.1. The average Bonchev–Trinajstić information content (AvgIpc) is 2.41. The van der Waals surface area contributed by atoms with E-state index < -0.39 is 11.9 Å². The van der Waals surface area contributed by atoms with Crippen LogP contribution in [0.1, 0.15) is 41.6 Å². The molecule has 1 unspecified atom stereocenters. The van der Waals surface area contributed by atoms with E-state index in [1.165, 1.54) is 12.1 Å². The van der Waals surface area contributed by atoms with Crippen molar-refractivity contribution in [3.05, 3.63) is 64.5 Å². The molecule has 21 heavy (non-hydrogen) atoms. The van der Waals surface area contributed by atoms with Crippen LogP contribution in [0.5, 0.6) is 0 Å². The molecule has 112 valence electrons. The standard InChI is InChI=1S/C17H20F2N2/c1-4-5-21-17(13-8-14(18)10-20-9-13)16-12(3)6-11(2)7-15(16)19/h6-10,17,21H,4-5H2,1-3H3. The molecule has 0 fully saturated rings. The Morgan fingerprint density at radius 3 is 2.52 bits per heavy atom. The molecule has 0 aliphatic carbocycles. The summed E-state index contributed by atoms with van der Waals surface area (Å²) in [4.78, 5) is 3.88. The average molecular weight is 290 g/mol. The SMILES string of the molecule is CCCNC(c1cncc(F)c1)c1c(C)cc(C)cc1F. The molecular weight excluding hydrogens is 270 g/mol. The zero-order valence-electron chi connectivity index (χ0n) is 12.6. The van der Waals surface area contributed by atoms with Crippen molar-refractivity contribution in [2.24, 2.45) is 0 Å². The number of pyridine rings is 1. The van der Waals surface area contributed by atoms with Gasteiger partial charge in [-0.15, -0.1) is 0 Å². The molecule has 1 aromatic carbocycles. The van der Waals surface area contributed by atoms with Crippen LogP contribution in [0.4, 0.5) is 8.78 Å². The van der Waals surface area contributed by atoms with Gasteiger partial charge >= 0.3 is 0 Å². The van der Waals surface area contributed by atoms with E-state index in [1.807, 2.05) is 26.8 Å². The summed E-state index contributed by atoms with van der Waals surface area (Å²) in [6, 6.07) is 4.45. The fourth-order valence-corrected chi connectivity index (χ4v) is 2.55. The lowest BCUT2D eigenvalue weighted by Crippen LogP contribution is -2.25. The maximum absolute atomic E-state index is 14.4. The molecule has 0 saturated heterocycles. The summed E-state index contributed by atoms with van der Waals surface area (Å²) in [6.45, 7) is 6.48. The molecule has 0 amide bonds. The monoisotopic (exact) mass is 290 g/mol. The van der Waals surface area contributed by atoms with Crippen LogP contribution in [-0.4, -0.2) is 11.5 Å². The van der Waals surface area contributed by atoms with Gasteiger partial charge in [0.2, 0.25) is 0 Å². The molecule has 2 nitrogen and oxygen atoms in total. The topological polar surface area (TPSA) is 24.9 Å². The van der Waals surface area contributed by atoms with E-state index in [0.29, 0.717) is 17.7 Å². The highest BCUT2D eigenvalue weighted by Crippen LogP contribution is 2.28. The summed E-state index contributed by atoms with van der Waals surface area (Å²) < 4.78 is 27.9. The molecule has 4 heteroatoms. The van der Waals surface area contributed by atoms with Gasteiger partial charge in [0.25, 0.3) is 0 Å². The minimum atomic E-state index is -0.416. The first-order valence-corrected chi connectivity index (χ1v) is 7.13. The van der Waals surface area contributed by atoms with E-state index in [0.717, 1.165) is 23.7 Å². The van der Waals surface area contributed by atoms with Crippen LogP contribution in [-0.2, 0) is 0 Å². The normalized spacial score (nSPS) is 12.4. The number of nitrogens with one attached hydrogen (secondary N) is 1. The Bertz CT molecular complexity index is 603. The predicted octanol–water partition coefficient (Wildman–Crippen LogP) is 4.07. The molecule has 0 aliphatic rings. The van der Waals surface area contributed by atoms with Gasteiger partial charge in [0.1, 0.15) is 11.6 Å². The highest BCUT2D eigenvalue weighted by molar-refractivity contribution is 5.39. The molecule has 1 aromatic heterocycles. The van der Waals surface area contributed by atoms with Crippen molar-refractivity contribution in [3.8, 4) is 0 Å². The minimum absolute atomic E-state index is 0.273. The van der Waals surface area contributed by atoms with Crippen LogP contribution in [0.3, 0.4) is 0 Å². The molecule has 0 saturated carbocycles. The van der Waals surface area contributed by atoms with Gasteiger partial charge < -0.3 is 5.32 Å². The number of hydrogen-bond acceptors (Lipinski definition) is 2. The molecule has 0 spiro atoms. The Kier molecular flexibility index (Phi) is 5.02. The Balaban J connectivity index is 2.50. The number of hydrogen-bond donors (Lipinski definition) is 1. The largest absolute Gasteiger partial charge is 0.306 e. The van der Waals surface area contributed by atoms with Gasteiger partial charge in [0, 0.05) is 11.8 Å². The molecule has 1 atom stereocenters. The maximum atomic E-state index is 14.4. The fraction of sp³-hybridized carbons (Fsp3) is 0.353. The summed E-state index contributed by atoms with van der Waals surface area (Å²) in [7, 11) is 0. The molecule has 2 aromatic rings. The molecule has 1 N–H and O–H groups in total. The summed E-state index contributed by atoms with van der Waals surface area (Å²) in [5.41, 5.74) is 2.92. The Labute approximate surface area is 124 Å². The van der Waals surface area contributed by atoms with Crippen LogP contribution in [0, 0.1) is 25.5 Å². The fourth-order valence-electron chi connectivity index (χ4n) is 2.55. The molecule has 0 radical (unpaired) electrons. The Morgan fingerprint density at radius 2 is 1.90 bits per heavy atom. The summed E-state index contributed by atoms with van der Waals surface area (Å²) in [6.07, 6.45) is 3.64. The van der Waals surface area contributed by atoms with E-state index >= 15 is 0 Å². The van der Waals surface area contributed by atoms with Crippen LogP contribution in [0.15, 0.2) is 30.6 Å². The first kappa shape index (κ1) is 15.6. The lowest BCUT2D eigenvalue weighted by molar-refractivity contribution is 0.537.